The third kappa shape index (κ3) is 2.95. The highest BCUT2D eigenvalue weighted by atomic mass is 79.9. The van der Waals surface area contributed by atoms with E-state index in [2.05, 4.69) is 20.8 Å². The van der Waals surface area contributed by atoms with Crippen LogP contribution >= 0.6 is 27.3 Å². The lowest BCUT2D eigenvalue weighted by molar-refractivity contribution is 0.0801. The highest BCUT2D eigenvalue weighted by Gasteiger charge is 2.38. The summed E-state index contributed by atoms with van der Waals surface area (Å²) in [5.74, 6) is 0. The summed E-state index contributed by atoms with van der Waals surface area (Å²) in [4.78, 5) is 3.07. The van der Waals surface area contributed by atoms with Crippen molar-refractivity contribution in [2.24, 2.45) is 0 Å². The minimum Gasteiger partial charge on any atom is -0.391 e. The lowest BCUT2D eigenvalue weighted by atomic mass is 10.0. The number of hydrogen-bond acceptors (Lipinski definition) is 5. The smallest absolute Gasteiger partial charge is 0.245 e. The average Bonchev–Trinajstić information content (AvgIpc) is 2.74. The van der Waals surface area contributed by atoms with Crippen molar-refractivity contribution < 1.29 is 13.5 Å². The summed E-state index contributed by atoms with van der Waals surface area (Å²) in [6.07, 6.45) is 0. The molecule has 0 saturated carbocycles. The molecule has 1 aliphatic rings. The SMILES string of the molecule is CN1CCN(S(=O)(=O)c2cc(CO)sc2Br)CC1(C)C. The molecule has 1 N–H and O–H groups in total. The number of aliphatic hydroxyl groups is 1. The Morgan fingerprint density at radius 3 is 2.60 bits per heavy atom. The largest absolute Gasteiger partial charge is 0.391 e. The molecule has 0 spiro atoms. The van der Waals surface area contributed by atoms with Gasteiger partial charge in [0.15, 0.2) is 0 Å². The number of piperazine rings is 1. The number of sulfonamides is 1. The molecule has 0 atom stereocenters. The fraction of sp³-hybridized carbons (Fsp3) is 0.667. The van der Waals surface area contributed by atoms with Gasteiger partial charge in [-0.05, 0) is 42.9 Å². The minimum atomic E-state index is -3.52. The molecule has 1 saturated heterocycles. The van der Waals surface area contributed by atoms with Gasteiger partial charge in [-0.3, -0.25) is 4.90 Å². The molecule has 1 fully saturated rings. The predicted molar refractivity (Wildman–Crippen MR) is 83.4 cm³/mol. The van der Waals surface area contributed by atoms with Crippen molar-refractivity contribution in [3.05, 3.63) is 14.7 Å². The fourth-order valence-corrected chi connectivity index (χ4v) is 6.27. The van der Waals surface area contributed by atoms with Crippen LogP contribution in [0.1, 0.15) is 18.7 Å². The van der Waals surface area contributed by atoms with Gasteiger partial charge < -0.3 is 5.11 Å². The molecule has 0 aromatic carbocycles. The molecule has 1 aromatic heterocycles. The fourth-order valence-electron chi connectivity index (χ4n) is 2.19. The molecule has 0 amide bonds. The first-order valence-corrected chi connectivity index (χ1v) is 9.34. The minimum absolute atomic E-state index is 0.146. The Hall–Kier alpha value is 0.01000. The average molecular weight is 383 g/mol. The molecule has 8 heteroatoms. The van der Waals surface area contributed by atoms with Gasteiger partial charge >= 0.3 is 0 Å². The molecule has 0 unspecified atom stereocenters. The summed E-state index contributed by atoms with van der Waals surface area (Å²) in [5.41, 5.74) is -0.187. The zero-order valence-corrected chi connectivity index (χ0v) is 15.0. The molecule has 1 aliphatic heterocycles. The van der Waals surface area contributed by atoms with E-state index in [4.69, 9.17) is 5.11 Å². The number of hydrogen-bond donors (Lipinski definition) is 1. The van der Waals surface area contributed by atoms with E-state index in [1.54, 1.807) is 6.07 Å². The van der Waals surface area contributed by atoms with Gasteiger partial charge in [-0.1, -0.05) is 0 Å². The summed E-state index contributed by atoms with van der Waals surface area (Å²) in [6, 6.07) is 1.55. The summed E-state index contributed by atoms with van der Waals surface area (Å²) in [5, 5.41) is 9.14. The van der Waals surface area contributed by atoms with E-state index in [1.165, 1.54) is 15.6 Å². The number of rotatable bonds is 3. The van der Waals surface area contributed by atoms with Crippen molar-refractivity contribution in [3.63, 3.8) is 0 Å². The summed E-state index contributed by atoms with van der Waals surface area (Å²) in [7, 11) is -1.51. The van der Waals surface area contributed by atoms with Crippen molar-refractivity contribution in [2.45, 2.75) is 30.9 Å². The second-order valence-electron chi connectivity index (χ2n) is 5.58. The van der Waals surface area contributed by atoms with Crippen LogP contribution in [0.5, 0.6) is 0 Å². The third-order valence-electron chi connectivity index (χ3n) is 3.76. The topological polar surface area (TPSA) is 60.9 Å². The van der Waals surface area contributed by atoms with Crippen LogP contribution in [0, 0.1) is 0 Å². The Morgan fingerprint density at radius 1 is 1.45 bits per heavy atom. The van der Waals surface area contributed by atoms with Crippen LogP contribution in [0.4, 0.5) is 0 Å². The van der Waals surface area contributed by atoms with E-state index in [0.717, 1.165) is 0 Å². The molecule has 0 bridgehead atoms. The highest BCUT2D eigenvalue weighted by molar-refractivity contribution is 9.11. The van der Waals surface area contributed by atoms with E-state index >= 15 is 0 Å². The van der Waals surface area contributed by atoms with Gasteiger partial charge in [0.05, 0.1) is 10.4 Å². The molecule has 1 aromatic rings. The normalized spacial score (nSPS) is 21.2. The second-order valence-corrected chi connectivity index (χ2v) is 9.94. The standard InChI is InChI=1S/C12H19BrN2O3S2/c1-12(2)8-15(5-4-14(12)3)20(17,18)10-6-9(7-16)19-11(10)13/h6,16H,4-5,7-8H2,1-3H3. The van der Waals surface area contributed by atoms with E-state index < -0.39 is 10.0 Å². The van der Waals surface area contributed by atoms with Crippen LogP contribution in [0.3, 0.4) is 0 Å². The van der Waals surface area contributed by atoms with E-state index in [0.29, 0.717) is 28.3 Å². The van der Waals surface area contributed by atoms with Crippen molar-refractivity contribution in [1.29, 1.82) is 0 Å². The Morgan fingerprint density at radius 2 is 2.10 bits per heavy atom. The first-order chi connectivity index (χ1) is 9.18. The maximum absolute atomic E-state index is 12.7. The maximum Gasteiger partial charge on any atom is 0.245 e. The molecule has 2 rings (SSSR count). The van der Waals surface area contributed by atoms with Crippen molar-refractivity contribution in [2.75, 3.05) is 26.7 Å². The first kappa shape index (κ1) is 16.4. The third-order valence-corrected chi connectivity index (χ3v) is 7.84. The van der Waals surface area contributed by atoms with E-state index in [-0.39, 0.29) is 17.0 Å². The molecule has 20 heavy (non-hydrogen) atoms. The lowest BCUT2D eigenvalue weighted by Gasteiger charge is -2.44. The van der Waals surface area contributed by atoms with Gasteiger partial charge in [0.25, 0.3) is 0 Å². The zero-order chi connectivity index (χ0) is 15.1. The molecule has 0 aliphatic carbocycles. The van der Waals surface area contributed by atoms with Crippen molar-refractivity contribution >= 4 is 37.3 Å². The predicted octanol–water partition coefficient (Wildman–Crippen LogP) is 1.72. The zero-order valence-electron chi connectivity index (χ0n) is 11.8. The number of likely N-dealkylation sites (N-methyl/N-ethyl adjacent to an activating group) is 1. The molecule has 0 radical (unpaired) electrons. The van der Waals surface area contributed by atoms with Crippen molar-refractivity contribution in [3.8, 4) is 0 Å². The van der Waals surface area contributed by atoms with Gasteiger partial charge in [0.2, 0.25) is 10.0 Å². The number of aliphatic hydroxyl groups excluding tert-OH is 1. The summed E-state index contributed by atoms with van der Waals surface area (Å²) < 4.78 is 27.6. The van der Waals surface area contributed by atoms with Crippen LogP contribution < -0.4 is 0 Å². The van der Waals surface area contributed by atoms with Gasteiger partial charge in [-0.15, -0.1) is 11.3 Å². The molecular formula is C12H19BrN2O3S2. The van der Waals surface area contributed by atoms with Crippen LogP contribution in [-0.4, -0.2) is 55.0 Å². The van der Waals surface area contributed by atoms with Gasteiger partial charge in [-0.2, -0.15) is 4.31 Å². The van der Waals surface area contributed by atoms with Crippen LogP contribution in [0.15, 0.2) is 14.7 Å². The number of thiophene rings is 1. The van der Waals surface area contributed by atoms with Crippen LogP contribution in [-0.2, 0) is 16.6 Å². The lowest BCUT2D eigenvalue weighted by Crippen LogP contribution is -2.58. The molecule has 2 heterocycles. The highest BCUT2D eigenvalue weighted by Crippen LogP contribution is 2.35. The maximum atomic E-state index is 12.7. The Balaban J connectivity index is 2.33. The number of nitrogens with zero attached hydrogens (tertiary/aromatic N) is 2. The van der Waals surface area contributed by atoms with Crippen molar-refractivity contribution in [1.82, 2.24) is 9.21 Å². The van der Waals surface area contributed by atoms with Gasteiger partial charge in [-0.25, -0.2) is 8.42 Å². The number of halogens is 1. The van der Waals surface area contributed by atoms with Crippen LogP contribution in [0.2, 0.25) is 0 Å². The van der Waals surface area contributed by atoms with Gasteiger partial charge in [0, 0.05) is 30.1 Å². The monoisotopic (exact) mass is 382 g/mol. The summed E-state index contributed by atoms with van der Waals surface area (Å²) >= 11 is 4.55. The van der Waals surface area contributed by atoms with Crippen LogP contribution in [0.25, 0.3) is 0 Å². The second kappa shape index (κ2) is 5.66. The van der Waals surface area contributed by atoms with E-state index in [1.807, 2.05) is 20.9 Å². The Labute approximate surface area is 132 Å². The summed E-state index contributed by atoms with van der Waals surface area (Å²) in [6.45, 7) is 5.59. The first-order valence-electron chi connectivity index (χ1n) is 6.29. The van der Waals surface area contributed by atoms with E-state index in [9.17, 15) is 8.42 Å². The Kier molecular flexibility index (Phi) is 4.63. The molecular weight excluding hydrogens is 364 g/mol. The van der Waals surface area contributed by atoms with Gasteiger partial charge in [0.1, 0.15) is 4.90 Å². The molecule has 5 nitrogen and oxygen atoms in total. The quantitative estimate of drug-likeness (QED) is 0.864. The Bertz CT molecular complexity index is 598. The molecule has 114 valence electrons.